The van der Waals surface area contributed by atoms with Crippen molar-refractivity contribution in [3.05, 3.63) is 50.7 Å². The summed E-state index contributed by atoms with van der Waals surface area (Å²) in [7, 11) is 1.51. The highest BCUT2D eigenvalue weighted by Gasteiger charge is 2.29. The SMILES string of the molecule is Cn1nc(C(=O)NCC2CCCCN2c2ccc(=O)n(C3CCCCC3O)n2)ccc1=O. The fourth-order valence-electron chi connectivity index (χ4n) is 4.62. The number of aromatic nitrogens is 4. The molecule has 0 aromatic carbocycles. The number of nitrogens with one attached hydrogen (secondary N) is 1. The number of rotatable bonds is 5. The first-order valence-corrected chi connectivity index (χ1v) is 11.3. The van der Waals surface area contributed by atoms with Crippen LogP contribution in [-0.2, 0) is 7.05 Å². The first-order valence-electron chi connectivity index (χ1n) is 11.3. The molecule has 3 atom stereocenters. The average Bonchev–Trinajstić information content (AvgIpc) is 2.80. The van der Waals surface area contributed by atoms with Crippen molar-refractivity contribution in [1.29, 1.82) is 0 Å². The Labute approximate surface area is 185 Å². The van der Waals surface area contributed by atoms with Crippen LogP contribution in [0.25, 0.3) is 0 Å². The lowest BCUT2D eigenvalue weighted by atomic mass is 9.93. The van der Waals surface area contributed by atoms with E-state index < -0.39 is 6.10 Å². The zero-order chi connectivity index (χ0) is 22.7. The van der Waals surface area contributed by atoms with Gasteiger partial charge in [0.1, 0.15) is 11.5 Å². The molecule has 2 fully saturated rings. The Bertz CT molecular complexity index is 1080. The number of carbonyl (C=O) groups is 1. The minimum Gasteiger partial charge on any atom is -0.391 e. The van der Waals surface area contributed by atoms with Gasteiger partial charge in [-0.2, -0.15) is 10.2 Å². The monoisotopic (exact) mass is 442 g/mol. The number of hydrogen-bond donors (Lipinski definition) is 2. The Kier molecular flexibility index (Phi) is 6.69. The normalized spacial score (nSPS) is 23.7. The molecule has 0 bridgehead atoms. The van der Waals surface area contributed by atoms with Gasteiger partial charge in [-0.1, -0.05) is 12.8 Å². The highest BCUT2D eigenvalue weighted by atomic mass is 16.3. The zero-order valence-electron chi connectivity index (χ0n) is 18.3. The Morgan fingerprint density at radius 2 is 1.78 bits per heavy atom. The lowest BCUT2D eigenvalue weighted by Gasteiger charge is -2.37. The molecule has 0 spiro atoms. The van der Waals surface area contributed by atoms with Crippen molar-refractivity contribution in [2.75, 3.05) is 18.0 Å². The maximum Gasteiger partial charge on any atom is 0.271 e. The van der Waals surface area contributed by atoms with E-state index in [0.29, 0.717) is 18.8 Å². The number of nitrogens with zero attached hydrogens (tertiary/aromatic N) is 5. The van der Waals surface area contributed by atoms with E-state index in [0.717, 1.165) is 49.8 Å². The van der Waals surface area contributed by atoms with Crippen LogP contribution in [0.5, 0.6) is 0 Å². The van der Waals surface area contributed by atoms with Gasteiger partial charge >= 0.3 is 0 Å². The van der Waals surface area contributed by atoms with E-state index in [1.807, 2.05) is 0 Å². The molecule has 3 heterocycles. The number of amides is 1. The van der Waals surface area contributed by atoms with Crippen LogP contribution in [0.1, 0.15) is 61.5 Å². The number of anilines is 1. The van der Waals surface area contributed by atoms with Crippen LogP contribution < -0.4 is 21.3 Å². The molecule has 1 aliphatic heterocycles. The zero-order valence-corrected chi connectivity index (χ0v) is 18.3. The Morgan fingerprint density at radius 1 is 1.03 bits per heavy atom. The molecule has 1 aliphatic carbocycles. The second-order valence-electron chi connectivity index (χ2n) is 8.63. The Hall–Kier alpha value is -3.01. The Balaban J connectivity index is 1.50. The van der Waals surface area contributed by atoms with Crippen LogP contribution >= 0.6 is 0 Å². The van der Waals surface area contributed by atoms with Crippen molar-refractivity contribution in [2.45, 2.75) is 63.1 Å². The second kappa shape index (κ2) is 9.64. The van der Waals surface area contributed by atoms with E-state index in [9.17, 15) is 19.5 Å². The van der Waals surface area contributed by atoms with Crippen molar-refractivity contribution in [3.8, 4) is 0 Å². The summed E-state index contributed by atoms with van der Waals surface area (Å²) in [6, 6.07) is 5.71. The molecule has 1 saturated carbocycles. The number of piperidine rings is 1. The summed E-state index contributed by atoms with van der Waals surface area (Å²) in [5.41, 5.74) is -0.293. The van der Waals surface area contributed by atoms with Crippen LogP contribution in [-0.4, -0.2) is 55.8 Å². The number of aliphatic hydroxyl groups excluding tert-OH is 1. The van der Waals surface area contributed by atoms with Gasteiger partial charge in [0.15, 0.2) is 0 Å². The largest absolute Gasteiger partial charge is 0.391 e. The van der Waals surface area contributed by atoms with Crippen LogP contribution in [0.3, 0.4) is 0 Å². The van der Waals surface area contributed by atoms with Crippen molar-refractivity contribution < 1.29 is 9.90 Å². The van der Waals surface area contributed by atoms with E-state index >= 15 is 0 Å². The van der Waals surface area contributed by atoms with E-state index in [4.69, 9.17) is 0 Å². The van der Waals surface area contributed by atoms with Crippen molar-refractivity contribution in [3.63, 3.8) is 0 Å². The first-order chi connectivity index (χ1) is 15.4. The van der Waals surface area contributed by atoms with Gasteiger partial charge in [0.2, 0.25) is 0 Å². The third kappa shape index (κ3) is 4.74. The highest BCUT2D eigenvalue weighted by Crippen LogP contribution is 2.28. The number of aliphatic hydroxyl groups is 1. The first kappa shape index (κ1) is 22.2. The third-order valence-electron chi connectivity index (χ3n) is 6.43. The van der Waals surface area contributed by atoms with Gasteiger partial charge < -0.3 is 15.3 Å². The number of carbonyl (C=O) groups excluding carboxylic acids is 1. The summed E-state index contributed by atoms with van der Waals surface area (Å²) in [6.45, 7) is 1.17. The second-order valence-corrected chi connectivity index (χ2v) is 8.63. The molecule has 10 heteroatoms. The van der Waals surface area contributed by atoms with Gasteiger partial charge in [0, 0.05) is 38.3 Å². The van der Waals surface area contributed by atoms with E-state index in [1.54, 1.807) is 6.07 Å². The van der Waals surface area contributed by atoms with Gasteiger partial charge in [-0.3, -0.25) is 14.4 Å². The number of aryl methyl sites for hydroxylation is 1. The van der Waals surface area contributed by atoms with Crippen molar-refractivity contribution in [2.24, 2.45) is 7.05 Å². The van der Waals surface area contributed by atoms with Gasteiger partial charge in [-0.15, -0.1) is 0 Å². The third-order valence-corrected chi connectivity index (χ3v) is 6.43. The van der Waals surface area contributed by atoms with E-state index in [2.05, 4.69) is 20.4 Å². The van der Waals surface area contributed by atoms with Gasteiger partial charge in [-0.25, -0.2) is 9.36 Å². The fourth-order valence-corrected chi connectivity index (χ4v) is 4.62. The minimum absolute atomic E-state index is 0.0231. The van der Waals surface area contributed by atoms with Gasteiger partial charge in [-0.05, 0) is 44.2 Å². The van der Waals surface area contributed by atoms with E-state index in [1.165, 1.54) is 29.9 Å². The number of hydrogen-bond acceptors (Lipinski definition) is 7. The summed E-state index contributed by atoms with van der Waals surface area (Å²) in [6.07, 6.45) is 5.71. The van der Waals surface area contributed by atoms with Crippen LogP contribution in [0.2, 0.25) is 0 Å². The van der Waals surface area contributed by atoms with Crippen LogP contribution in [0.15, 0.2) is 33.9 Å². The van der Waals surface area contributed by atoms with Crippen LogP contribution in [0.4, 0.5) is 5.82 Å². The topological polar surface area (TPSA) is 122 Å². The lowest BCUT2D eigenvalue weighted by Crippen LogP contribution is -2.48. The molecule has 2 N–H and O–H groups in total. The summed E-state index contributed by atoms with van der Waals surface area (Å²) < 4.78 is 2.58. The minimum atomic E-state index is -0.560. The molecular formula is C22H30N6O4. The molecule has 1 amide bonds. The smallest absolute Gasteiger partial charge is 0.271 e. The molecule has 1 saturated heterocycles. The van der Waals surface area contributed by atoms with Crippen molar-refractivity contribution >= 4 is 11.7 Å². The highest BCUT2D eigenvalue weighted by molar-refractivity contribution is 5.92. The summed E-state index contributed by atoms with van der Waals surface area (Å²) in [4.78, 5) is 38.7. The molecule has 0 radical (unpaired) electrons. The fraction of sp³-hybridized carbons (Fsp3) is 0.591. The molecule has 2 aromatic heterocycles. The predicted molar refractivity (Wildman–Crippen MR) is 119 cm³/mol. The summed E-state index contributed by atoms with van der Waals surface area (Å²) >= 11 is 0. The maximum absolute atomic E-state index is 12.5. The molecular weight excluding hydrogens is 412 g/mol. The maximum atomic E-state index is 12.5. The summed E-state index contributed by atoms with van der Waals surface area (Å²) in [5.74, 6) is 0.343. The summed E-state index contributed by atoms with van der Waals surface area (Å²) in [5, 5.41) is 22.0. The molecule has 32 heavy (non-hydrogen) atoms. The molecule has 172 valence electrons. The standard InChI is InChI=1S/C22H30N6O4/c1-26-20(30)11-9-16(24-26)22(32)23-14-15-6-4-5-13-27(15)19-10-12-21(31)28(25-19)17-7-2-3-8-18(17)29/h9-12,15,17-18,29H,2-8,13-14H2,1H3,(H,23,32). The Morgan fingerprint density at radius 3 is 2.56 bits per heavy atom. The quantitative estimate of drug-likeness (QED) is 0.695. The average molecular weight is 443 g/mol. The lowest BCUT2D eigenvalue weighted by molar-refractivity contribution is 0.0669. The van der Waals surface area contributed by atoms with Gasteiger partial charge in [0.05, 0.1) is 12.1 Å². The van der Waals surface area contributed by atoms with E-state index in [-0.39, 0.29) is 34.8 Å². The molecule has 2 aliphatic rings. The van der Waals surface area contributed by atoms with Crippen LogP contribution in [0, 0.1) is 0 Å². The molecule has 2 aromatic rings. The molecule has 4 rings (SSSR count). The molecule has 10 nitrogen and oxygen atoms in total. The predicted octanol–water partition coefficient (Wildman–Crippen LogP) is 0.602. The molecule has 3 unspecified atom stereocenters. The van der Waals surface area contributed by atoms with Crippen molar-refractivity contribution in [1.82, 2.24) is 24.9 Å². The van der Waals surface area contributed by atoms with Gasteiger partial charge in [0.25, 0.3) is 17.0 Å².